The summed E-state index contributed by atoms with van der Waals surface area (Å²) in [6.45, 7) is 10.4. The molecule has 60 valence electrons. The van der Waals surface area contributed by atoms with Crippen LogP contribution in [0.25, 0.3) is 0 Å². The second-order valence-corrected chi connectivity index (χ2v) is 3.90. The van der Waals surface area contributed by atoms with Gasteiger partial charge in [-0.2, -0.15) is 0 Å². The molecule has 0 fully saturated rings. The Hall–Kier alpha value is -0.920. The van der Waals surface area contributed by atoms with Gasteiger partial charge in [0.25, 0.3) is 0 Å². The molecule has 0 aromatic heterocycles. The fraction of sp³-hybridized carbons (Fsp3) is 0.545. The molecule has 0 aliphatic rings. The summed E-state index contributed by atoms with van der Waals surface area (Å²) >= 11 is 0. The number of rotatable bonds is 0. The third kappa shape index (κ3) is 9.08. The van der Waals surface area contributed by atoms with E-state index in [1.54, 1.807) is 0 Å². The Morgan fingerprint density at radius 1 is 1.18 bits per heavy atom. The molecule has 0 atom stereocenters. The molecular formula is C11H16. The third-order valence-electron chi connectivity index (χ3n) is 0.890. The van der Waals surface area contributed by atoms with E-state index in [4.69, 9.17) is 0 Å². The predicted molar refractivity (Wildman–Crippen MR) is 49.4 cm³/mol. The average Bonchev–Trinajstić information content (AvgIpc) is 1.78. The molecule has 0 aromatic rings. The zero-order valence-electron chi connectivity index (χ0n) is 8.08. The van der Waals surface area contributed by atoms with Gasteiger partial charge in [-0.15, -0.1) is 0 Å². The van der Waals surface area contributed by atoms with Crippen molar-refractivity contribution in [2.75, 3.05) is 0 Å². The van der Waals surface area contributed by atoms with E-state index in [-0.39, 0.29) is 5.41 Å². The van der Waals surface area contributed by atoms with Gasteiger partial charge in [0.15, 0.2) is 0 Å². The lowest BCUT2D eigenvalue weighted by Gasteiger charge is -2.07. The van der Waals surface area contributed by atoms with Gasteiger partial charge < -0.3 is 0 Å². The van der Waals surface area contributed by atoms with E-state index in [2.05, 4.69) is 38.0 Å². The molecule has 0 heterocycles. The Bertz CT molecular complexity index is 238. The van der Waals surface area contributed by atoms with Gasteiger partial charge in [-0.1, -0.05) is 32.2 Å². The fourth-order valence-corrected chi connectivity index (χ4v) is 0.414. The monoisotopic (exact) mass is 148 g/mol. The van der Waals surface area contributed by atoms with Crippen molar-refractivity contribution in [2.45, 2.75) is 34.6 Å². The lowest BCUT2D eigenvalue weighted by Crippen LogP contribution is -1.96. The predicted octanol–water partition coefficient (Wildman–Crippen LogP) is 3.46. The molecule has 0 N–H and O–H groups in total. The van der Waals surface area contributed by atoms with E-state index in [0.29, 0.717) is 0 Å². The van der Waals surface area contributed by atoms with Crippen LogP contribution in [0.4, 0.5) is 0 Å². The highest BCUT2D eigenvalue weighted by molar-refractivity contribution is 4.97. The molecule has 0 heteroatoms. The van der Waals surface area contributed by atoms with Crippen molar-refractivity contribution in [2.24, 2.45) is 5.41 Å². The topological polar surface area (TPSA) is 0 Å². The molecule has 0 spiro atoms. The van der Waals surface area contributed by atoms with E-state index >= 15 is 0 Å². The van der Waals surface area contributed by atoms with Gasteiger partial charge in [0, 0.05) is 0 Å². The molecule has 0 saturated heterocycles. The second-order valence-electron chi connectivity index (χ2n) is 3.90. The van der Waals surface area contributed by atoms with E-state index in [0.717, 1.165) is 5.57 Å². The van der Waals surface area contributed by atoms with Gasteiger partial charge in [-0.25, -0.2) is 0 Å². The fourth-order valence-electron chi connectivity index (χ4n) is 0.414. The van der Waals surface area contributed by atoms with Crippen molar-refractivity contribution in [3.05, 3.63) is 28.8 Å². The summed E-state index contributed by atoms with van der Waals surface area (Å²) in [7, 11) is 0. The van der Waals surface area contributed by atoms with Crippen molar-refractivity contribution < 1.29 is 0 Å². The minimum absolute atomic E-state index is 0.191. The highest BCUT2D eigenvalue weighted by Crippen LogP contribution is 2.12. The smallest absolute Gasteiger partial charge is 0.0121 e. The van der Waals surface area contributed by atoms with E-state index in [1.807, 2.05) is 19.9 Å². The second kappa shape index (κ2) is 4.06. The first-order chi connectivity index (χ1) is 4.92. The van der Waals surface area contributed by atoms with E-state index in [9.17, 15) is 0 Å². The van der Waals surface area contributed by atoms with Crippen molar-refractivity contribution in [1.82, 2.24) is 0 Å². The standard InChI is InChI=1S/C11H16/c1-10(2)8-6-7-9-11(3,4)5/h9H,1-5H3. The molecule has 0 saturated carbocycles. The van der Waals surface area contributed by atoms with Gasteiger partial charge in [-0.3, -0.25) is 0 Å². The quantitative estimate of drug-likeness (QED) is 0.461. The van der Waals surface area contributed by atoms with Crippen molar-refractivity contribution in [1.29, 1.82) is 0 Å². The molecule has 0 nitrogen and oxygen atoms in total. The molecule has 0 aliphatic heterocycles. The minimum atomic E-state index is 0.191. The van der Waals surface area contributed by atoms with E-state index in [1.165, 1.54) is 0 Å². The highest BCUT2D eigenvalue weighted by Gasteiger charge is 2.01. The minimum Gasteiger partial charge on any atom is -0.0653 e. The van der Waals surface area contributed by atoms with Gasteiger partial charge in [0.2, 0.25) is 0 Å². The van der Waals surface area contributed by atoms with E-state index < -0.39 is 0 Å². The largest absolute Gasteiger partial charge is 0.0653 e. The summed E-state index contributed by atoms with van der Waals surface area (Å²) in [5.74, 6) is 0. The first-order valence-corrected chi connectivity index (χ1v) is 3.83. The van der Waals surface area contributed by atoms with Crippen LogP contribution in [-0.4, -0.2) is 0 Å². The Kier molecular flexibility index (Phi) is 3.72. The van der Waals surface area contributed by atoms with Crippen LogP contribution in [0.1, 0.15) is 34.6 Å². The van der Waals surface area contributed by atoms with Gasteiger partial charge in [0.05, 0.1) is 0 Å². The van der Waals surface area contributed by atoms with Crippen LogP contribution in [0, 0.1) is 5.41 Å². The van der Waals surface area contributed by atoms with Gasteiger partial charge in [-0.05, 0) is 36.6 Å². The zero-order chi connectivity index (χ0) is 8.91. The third-order valence-corrected chi connectivity index (χ3v) is 0.890. The van der Waals surface area contributed by atoms with Crippen LogP contribution in [0.5, 0.6) is 0 Å². The highest BCUT2D eigenvalue weighted by atomic mass is 14.1. The summed E-state index contributed by atoms with van der Waals surface area (Å²) in [5, 5.41) is 0. The first-order valence-electron chi connectivity index (χ1n) is 3.83. The Labute approximate surface area is 69.6 Å². The summed E-state index contributed by atoms with van der Waals surface area (Å²) in [6, 6.07) is 0. The van der Waals surface area contributed by atoms with Crippen LogP contribution in [-0.2, 0) is 0 Å². The molecular weight excluding hydrogens is 132 g/mol. The number of allylic oxidation sites excluding steroid dienone is 2. The van der Waals surface area contributed by atoms with Crippen molar-refractivity contribution >= 4 is 0 Å². The van der Waals surface area contributed by atoms with Crippen LogP contribution < -0.4 is 0 Å². The molecule has 0 bridgehead atoms. The molecule has 0 aliphatic carbocycles. The first kappa shape index (κ1) is 10.1. The maximum atomic E-state index is 2.95. The number of hydrogen-bond donors (Lipinski definition) is 0. The Balaban J connectivity index is 4.62. The zero-order valence-corrected chi connectivity index (χ0v) is 8.08. The lowest BCUT2D eigenvalue weighted by atomic mass is 9.97. The summed E-state index contributed by atoms with van der Waals surface area (Å²) in [4.78, 5) is 0. The summed E-state index contributed by atoms with van der Waals surface area (Å²) in [6.07, 6.45) is 1.99. The molecule has 11 heavy (non-hydrogen) atoms. The SMILES string of the molecule is CC(C)=C=C=C=CC(C)(C)C. The lowest BCUT2D eigenvalue weighted by molar-refractivity contribution is 0.545. The van der Waals surface area contributed by atoms with Crippen LogP contribution in [0.2, 0.25) is 0 Å². The normalized spacial score (nSPS) is 9.18. The maximum Gasteiger partial charge on any atom is -0.0121 e. The van der Waals surface area contributed by atoms with Crippen LogP contribution in [0.15, 0.2) is 28.8 Å². The van der Waals surface area contributed by atoms with Crippen molar-refractivity contribution in [3.63, 3.8) is 0 Å². The average molecular weight is 148 g/mol. The molecule has 0 amide bonds. The van der Waals surface area contributed by atoms with Crippen LogP contribution in [0.3, 0.4) is 0 Å². The molecule has 0 aromatic carbocycles. The maximum absolute atomic E-state index is 2.95. The molecule has 0 unspecified atom stereocenters. The van der Waals surface area contributed by atoms with Crippen LogP contribution >= 0.6 is 0 Å². The summed E-state index contributed by atoms with van der Waals surface area (Å²) < 4.78 is 0. The molecule has 0 rings (SSSR count). The molecule has 0 radical (unpaired) electrons. The number of hydrogen-bond acceptors (Lipinski definition) is 0. The van der Waals surface area contributed by atoms with Gasteiger partial charge in [0.1, 0.15) is 0 Å². The Morgan fingerprint density at radius 2 is 1.73 bits per heavy atom. The summed E-state index contributed by atoms with van der Waals surface area (Å²) in [5.41, 5.74) is 10.1. The Morgan fingerprint density at radius 3 is 2.09 bits per heavy atom. The van der Waals surface area contributed by atoms with Crippen molar-refractivity contribution in [3.8, 4) is 0 Å². The van der Waals surface area contributed by atoms with Gasteiger partial charge >= 0.3 is 0 Å².